The van der Waals surface area contributed by atoms with Gasteiger partial charge in [-0.1, -0.05) is 0 Å². The number of hydrogen-bond donors (Lipinski definition) is 1. The van der Waals surface area contributed by atoms with Gasteiger partial charge in [0.2, 0.25) is 0 Å². The lowest BCUT2D eigenvalue weighted by atomic mass is 9.96. The van der Waals surface area contributed by atoms with Crippen LogP contribution in [0.1, 0.15) is 54.0 Å². The van der Waals surface area contributed by atoms with Gasteiger partial charge in [-0.2, -0.15) is 0 Å². The van der Waals surface area contributed by atoms with Crippen LogP contribution in [0.25, 0.3) is 0 Å². The van der Waals surface area contributed by atoms with Gasteiger partial charge in [0.1, 0.15) is 0 Å². The predicted octanol–water partition coefficient (Wildman–Crippen LogP) is 3.62. The summed E-state index contributed by atoms with van der Waals surface area (Å²) in [6, 6.07) is 3.01. The van der Waals surface area contributed by atoms with Crippen molar-refractivity contribution in [1.29, 1.82) is 0 Å². The van der Waals surface area contributed by atoms with E-state index in [2.05, 4.69) is 41.6 Å². The monoisotopic (exact) mass is 292 g/mol. The lowest BCUT2D eigenvalue weighted by Crippen LogP contribution is -2.35. The van der Waals surface area contributed by atoms with Crippen molar-refractivity contribution in [1.82, 2.24) is 10.2 Å². The molecule has 1 N–H and O–H groups in total. The lowest BCUT2D eigenvalue weighted by Gasteiger charge is -2.29. The van der Waals surface area contributed by atoms with Crippen LogP contribution in [-0.2, 0) is 12.8 Å². The first-order valence-electron chi connectivity index (χ1n) is 8.26. The Bertz CT molecular complexity index is 409. The number of aryl methyl sites for hydroxylation is 2. The van der Waals surface area contributed by atoms with Crippen molar-refractivity contribution in [3.8, 4) is 0 Å². The summed E-state index contributed by atoms with van der Waals surface area (Å²) in [5.41, 5.74) is 1.64. The molecule has 0 spiro atoms. The van der Waals surface area contributed by atoms with Crippen LogP contribution in [0.15, 0.2) is 6.07 Å². The zero-order chi connectivity index (χ0) is 13.9. The van der Waals surface area contributed by atoms with Crippen molar-refractivity contribution in [2.24, 2.45) is 5.92 Å². The van der Waals surface area contributed by atoms with Gasteiger partial charge in [-0.25, -0.2) is 0 Å². The van der Waals surface area contributed by atoms with Gasteiger partial charge in [0, 0.05) is 15.8 Å². The van der Waals surface area contributed by atoms with E-state index in [4.69, 9.17) is 0 Å². The third-order valence-electron chi connectivity index (χ3n) is 4.99. The summed E-state index contributed by atoms with van der Waals surface area (Å²) in [4.78, 5) is 5.68. The molecule has 0 saturated carbocycles. The Balaban J connectivity index is 1.51. The van der Waals surface area contributed by atoms with Crippen LogP contribution in [0.3, 0.4) is 0 Å². The van der Waals surface area contributed by atoms with E-state index >= 15 is 0 Å². The number of hydrogen-bond acceptors (Lipinski definition) is 3. The van der Waals surface area contributed by atoms with E-state index in [1.54, 1.807) is 15.3 Å². The van der Waals surface area contributed by atoms with Crippen LogP contribution in [0.4, 0.5) is 0 Å². The number of rotatable bonds is 4. The van der Waals surface area contributed by atoms with Crippen LogP contribution in [0.2, 0.25) is 0 Å². The molecule has 0 bridgehead atoms. The summed E-state index contributed by atoms with van der Waals surface area (Å²) in [7, 11) is 2.24. The fourth-order valence-corrected chi connectivity index (χ4v) is 4.72. The maximum atomic E-state index is 3.78. The summed E-state index contributed by atoms with van der Waals surface area (Å²) < 4.78 is 0. The number of likely N-dealkylation sites (tertiary alicyclic amines) is 1. The Kier molecular flexibility index (Phi) is 4.79. The van der Waals surface area contributed by atoms with Crippen molar-refractivity contribution in [2.45, 2.75) is 51.5 Å². The second-order valence-electron chi connectivity index (χ2n) is 6.68. The number of thiophene rings is 1. The number of piperidine rings is 1. The summed E-state index contributed by atoms with van der Waals surface area (Å²) >= 11 is 2.06. The molecule has 1 aromatic heterocycles. The molecule has 0 radical (unpaired) electrons. The highest BCUT2D eigenvalue weighted by molar-refractivity contribution is 7.12. The molecule has 3 rings (SSSR count). The molecule has 1 fully saturated rings. The highest BCUT2D eigenvalue weighted by atomic mass is 32.1. The number of nitrogens with one attached hydrogen (secondary N) is 1. The summed E-state index contributed by atoms with van der Waals surface area (Å²) in [5, 5.41) is 3.78. The van der Waals surface area contributed by atoms with E-state index in [1.165, 1.54) is 58.2 Å². The molecule has 2 aliphatic rings. The first kappa shape index (κ1) is 14.6. The van der Waals surface area contributed by atoms with Gasteiger partial charge >= 0.3 is 0 Å². The molecule has 1 aliphatic heterocycles. The fourth-order valence-electron chi connectivity index (χ4n) is 3.44. The minimum absolute atomic E-state index is 0.533. The molecule has 1 aliphatic carbocycles. The maximum Gasteiger partial charge on any atom is 0.0386 e. The molecule has 1 atom stereocenters. The van der Waals surface area contributed by atoms with Crippen LogP contribution in [-0.4, -0.2) is 31.6 Å². The Labute approximate surface area is 127 Å². The van der Waals surface area contributed by atoms with Crippen molar-refractivity contribution in [3.05, 3.63) is 21.4 Å². The van der Waals surface area contributed by atoms with E-state index in [0.29, 0.717) is 6.04 Å². The molecular formula is C17H28N2S. The van der Waals surface area contributed by atoms with Crippen LogP contribution in [0.5, 0.6) is 0 Å². The molecule has 20 heavy (non-hydrogen) atoms. The summed E-state index contributed by atoms with van der Waals surface area (Å²) in [6.07, 6.45) is 8.13. The largest absolute Gasteiger partial charge is 0.309 e. The molecule has 112 valence electrons. The molecular weight excluding hydrogens is 264 g/mol. The molecule has 3 heteroatoms. The van der Waals surface area contributed by atoms with Gasteiger partial charge in [0.25, 0.3) is 0 Å². The van der Waals surface area contributed by atoms with Crippen molar-refractivity contribution >= 4 is 11.3 Å². The van der Waals surface area contributed by atoms with E-state index in [0.717, 1.165) is 5.92 Å². The Morgan fingerprint density at radius 1 is 1.30 bits per heavy atom. The molecule has 1 saturated heterocycles. The third-order valence-corrected chi connectivity index (χ3v) is 6.41. The quantitative estimate of drug-likeness (QED) is 0.912. The summed E-state index contributed by atoms with van der Waals surface area (Å²) in [6.45, 7) is 6.08. The maximum absolute atomic E-state index is 3.78. The Morgan fingerprint density at radius 3 is 2.80 bits per heavy atom. The first-order chi connectivity index (χ1) is 9.72. The molecule has 0 aromatic carbocycles. The van der Waals surface area contributed by atoms with Crippen LogP contribution < -0.4 is 5.32 Å². The van der Waals surface area contributed by atoms with E-state index in [9.17, 15) is 0 Å². The molecule has 0 amide bonds. The first-order valence-corrected chi connectivity index (χ1v) is 9.07. The van der Waals surface area contributed by atoms with Crippen molar-refractivity contribution < 1.29 is 0 Å². The van der Waals surface area contributed by atoms with Gasteiger partial charge in [-0.3, -0.25) is 0 Å². The van der Waals surface area contributed by atoms with E-state index in [1.807, 2.05) is 0 Å². The normalized spacial score (nSPS) is 22.7. The van der Waals surface area contributed by atoms with Crippen LogP contribution >= 0.6 is 11.3 Å². The Morgan fingerprint density at radius 2 is 2.05 bits per heavy atom. The molecule has 1 aromatic rings. The van der Waals surface area contributed by atoms with Crippen molar-refractivity contribution in [3.63, 3.8) is 0 Å². The average Bonchev–Trinajstić information content (AvgIpc) is 2.90. The van der Waals surface area contributed by atoms with Gasteiger partial charge in [-0.05, 0) is 89.7 Å². The van der Waals surface area contributed by atoms with Gasteiger partial charge in [0.05, 0.1) is 0 Å². The molecule has 2 heterocycles. The summed E-state index contributed by atoms with van der Waals surface area (Å²) in [5.74, 6) is 0.878. The topological polar surface area (TPSA) is 15.3 Å². The molecule has 1 unspecified atom stereocenters. The minimum Gasteiger partial charge on any atom is -0.309 e. The lowest BCUT2D eigenvalue weighted by molar-refractivity contribution is 0.213. The van der Waals surface area contributed by atoms with Crippen LogP contribution in [0, 0.1) is 5.92 Å². The fraction of sp³-hybridized carbons (Fsp3) is 0.765. The SMILES string of the molecule is CC(NCC1CCN(C)CC1)c1cc2c(s1)CCCC2. The highest BCUT2D eigenvalue weighted by Gasteiger charge is 2.19. The zero-order valence-corrected chi connectivity index (χ0v) is 13.8. The number of fused-ring (bicyclic) bond motifs is 1. The number of nitrogens with zero attached hydrogens (tertiary/aromatic N) is 1. The molecule has 2 nitrogen and oxygen atoms in total. The third kappa shape index (κ3) is 3.44. The smallest absolute Gasteiger partial charge is 0.0386 e. The van der Waals surface area contributed by atoms with E-state index < -0.39 is 0 Å². The van der Waals surface area contributed by atoms with Gasteiger partial charge in [0.15, 0.2) is 0 Å². The van der Waals surface area contributed by atoms with Gasteiger partial charge < -0.3 is 10.2 Å². The second-order valence-corrected chi connectivity index (χ2v) is 7.85. The highest BCUT2D eigenvalue weighted by Crippen LogP contribution is 2.32. The second kappa shape index (κ2) is 6.59. The Hall–Kier alpha value is -0.380. The minimum atomic E-state index is 0.533. The van der Waals surface area contributed by atoms with Gasteiger partial charge in [-0.15, -0.1) is 11.3 Å². The van der Waals surface area contributed by atoms with E-state index in [-0.39, 0.29) is 0 Å². The predicted molar refractivity (Wildman–Crippen MR) is 87.6 cm³/mol. The standard InChI is InChI=1S/C17H28N2S/c1-13(18-12-14-7-9-19(2)10-8-14)17-11-15-5-3-4-6-16(15)20-17/h11,13-14,18H,3-10,12H2,1-2H3. The van der Waals surface area contributed by atoms with Crippen molar-refractivity contribution in [2.75, 3.05) is 26.7 Å². The zero-order valence-electron chi connectivity index (χ0n) is 13.0. The average molecular weight is 292 g/mol.